The van der Waals surface area contributed by atoms with Crippen molar-refractivity contribution in [2.45, 2.75) is 57.9 Å². The molecule has 2 aliphatic rings. The van der Waals surface area contributed by atoms with E-state index in [1.165, 1.54) is 12.0 Å². The smallest absolute Gasteiger partial charge is 0.305 e. The van der Waals surface area contributed by atoms with Crippen LogP contribution in [0.15, 0.2) is 12.1 Å². The molecule has 0 saturated carbocycles. The lowest BCUT2D eigenvalue weighted by Gasteiger charge is -2.37. The number of pyridine rings is 1. The van der Waals surface area contributed by atoms with Gasteiger partial charge in [-0.15, -0.1) is 0 Å². The molecule has 7 nitrogen and oxygen atoms in total. The molecular formula is C21H32N4O3. The van der Waals surface area contributed by atoms with Gasteiger partial charge in [0.2, 0.25) is 5.91 Å². The molecule has 28 heavy (non-hydrogen) atoms. The molecule has 0 spiro atoms. The number of rotatable bonds is 8. The van der Waals surface area contributed by atoms with Crippen LogP contribution in [0.3, 0.4) is 0 Å². The number of hydrogen-bond donors (Lipinski definition) is 3. The van der Waals surface area contributed by atoms with Crippen molar-refractivity contribution in [3.05, 3.63) is 23.4 Å². The number of aryl methyl sites for hydroxylation is 2. The molecule has 2 atom stereocenters. The number of hydrogen-bond acceptors (Lipinski definition) is 5. The van der Waals surface area contributed by atoms with Crippen LogP contribution in [0, 0.1) is 5.92 Å². The quantitative estimate of drug-likeness (QED) is 0.631. The minimum atomic E-state index is -0.884. The molecule has 0 aromatic carbocycles. The van der Waals surface area contributed by atoms with Gasteiger partial charge in [-0.3, -0.25) is 14.5 Å². The molecule has 1 aromatic rings. The van der Waals surface area contributed by atoms with Crippen LogP contribution in [0.25, 0.3) is 0 Å². The van der Waals surface area contributed by atoms with Gasteiger partial charge in [-0.1, -0.05) is 6.07 Å². The number of amides is 1. The lowest BCUT2D eigenvalue weighted by molar-refractivity contribution is -0.137. The number of nitrogens with one attached hydrogen (secondary N) is 2. The van der Waals surface area contributed by atoms with Crippen molar-refractivity contribution in [1.82, 2.24) is 15.2 Å². The van der Waals surface area contributed by atoms with Crippen LogP contribution in [-0.2, 0) is 22.4 Å². The Hall–Kier alpha value is -2.15. The highest BCUT2D eigenvalue weighted by Gasteiger charge is 2.29. The highest BCUT2D eigenvalue weighted by Crippen LogP contribution is 2.23. The minimum Gasteiger partial charge on any atom is -0.481 e. The number of nitrogens with zero attached hydrogens (tertiary/aromatic N) is 2. The molecule has 0 radical (unpaired) electrons. The molecule has 1 amide bonds. The minimum absolute atomic E-state index is 0.0134. The van der Waals surface area contributed by atoms with Gasteiger partial charge in [-0.2, -0.15) is 0 Å². The number of anilines is 1. The van der Waals surface area contributed by atoms with E-state index in [2.05, 4.69) is 34.6 Å². The predicted molar refractivity (Wildman–Crippen MR) is 108 cm³/mol. The van der Waals surface area contributed by atoms with Gasteiger partial charge in [0, 0.05) is 31.4 Å². The first-order valence-electron chi connectivity index (χ1n) is 10.5. The number of carbonyl (C=O) groups excluding carboxylic acids is 1. The maximum atomic E-state index is 12.3. The first kappa shape index (κ1) is 20.6. The normalized spacial score (nSPS) is 22.2. The van der Waals surface area contributed by atoms with Crippen LogP contribution in [0.2, 0.25) is 0 Å². The molecule has 3 heterocycles. The third-order valence-corrected chi connectivity index (χ3v) is 5.85. The van der Waals surface area contributed by atoms with Crippen LogP contribution in [-0.4, -0.2) is 59.1 Å². The molecule has 0 bridgehead atoms. The average molecular weight is 389 g/mol. The lowest BCUT2D eigenvalue weighted by Crippen LogP contribution is -2.47. The number of carboxylic acids is 1. The van der Waals surface area contributed by atoms with Crippen LogP contribution in [0.4, 0.5) is 5.82 Å². The maximum Gasteiger partial charge on any atom is 0.305 e. The zero-order chi connectivity index (χ0) is 19.9. The second-order valence-corrected chi connectivity index (χ2v) is 8.00. The van der Waals surface area contributed by atoms with E-state index in [-0.39, 0.29) is 24.8 Å². The largest absolute Gasteiger partial charge is 0.481 e. The average Bonchev–Trinajstić information content (AvgIpc) is 2.69. The van der Waals surface area contributed by atoms with Gasteiger partial charge in [-0.25, -0.2) is 4.98 Å². The number of likely N-dealkylation sites (tertiary alicyclic amines) is 1. The number of aromatic nitrogens is 1. The summed E-state index contributed by atoms with van der Waals surface area (Å²) in [6, 6.07) is 4.82. The Balaban J connectivity index is 1.45. The van der Waals surface area contributed by atoms with Crippen molar-refractivity contribution in [1.29, 1.82) is 0 Å². The van der Waals surface area contributed by atoms with Gasteiger partial charge < -0.3 is 15.7 Å². The summed E-state index contributed by atoms with van der Waals surface area (Å²) in [6.45, 7) is 5.13. The van der Waals surface area contributed by atoms with Gasteiger partial charge in [-0.05, 0) is 63.6 Å². The van der Waals surface area contributed by atoms with E-state index in [0.29, 0.717) is 6.04 Å². The van der Waals surface area contributed by atoms with Gasteiger partial charge in [0.15, 0.2) is 0 Å². The van der Waals surface area contributed by atoms with Gasteiger partial charge >= 0.3 is 5.97 Å². The van der Waals surface area contributed by atoms with E-state index < -0.39 is 5.97 Å². The van der Waals surface area contributed by atoms with Crippen LogP contribution < -0.4 is 10.6 Å². The van der Waals surface area contributed by atoms with Gasteiger partial charge in [0.05, 0.1) is 12.3 Å². The second-order valence-electron chi connectivity index (χ2n) is 8.00. The van der Waals surface area contributed by atoms with E-state index in [1.54, 1.807) is 0 Å². The Morgan fingerprint density at radius 1 is 1.36 bits per heavy atom. The van der Waals surface area contributed by atoms with E-state index in [9.17, 15) is 9.59 Å². The van der Waals surface area contributed by atoms with E-state index in [4.69, 9.17) is 10.1 Å². The molecule has 3 rings (SSSR count). The highest BCUT2D eigenvalue weighted by molar-refractivity contribution is 5.79. The fraction of sp³-hybridized carbons (Fsp3) is 0.667. The standard InChI is InChI=1S/C21H32N4O3/c1-15-6-7-17(21(28)23-12-10-19(26)27)14-25(15)13-3-5-18-9-8-16-4-2-11-22-20(16)24-18/h8-9,15,17H,2-7,10-14H2,1H3,(H,22,24)(H,23,28)(H,26,27)/t15?,17-/m0/s1. The van der Waals surface area contributed by atoms with Crippen molar-refractivity contribution >= 4 is 17.7 Å². The van der Waals surface area contributed by atoms with Crippen molar-refractivity contribution in [2.24, 2.45) is 5.92 Å². The molecular weight excluding hydrogens is 356 g/mol. The molecule has 7 heteroatoms. The number of fused-ring (bicyclic) bond motifs is 1. The van der Waals surface area contributed by atoms with Gasteiger partial charge in [0.25, 0.3) is 0 Å². The summed E-state index contributed by atoms with van der Waals surface area (Å²) in [5, 5.41) is 14.9. The summed E-state index contributed by atoms with van der Waals surface area (Å²) in [5.41, 5.74) is 2.44. The fourth-order valence-electron chi connectivity index (χ4n) is 4.11. The zero-order valence-electron chi connectivity index (χ0n) is 16.7. The van der Waals surface area contributed by atoms with Crippen molar-refractivity contribution in [3.8, 4) is 0 Å². The van der Waals surface area contributed by atoms with E-state index in [0.717, 1.165) is 63.3 Å². The summed E-state index contributed by atoms with van der Waals surface area (Å²) in [5.74, 6) is 0.106. The molecule has 1 aromatic heterocycles. The first-order valence-corrected chi connectivity index (χ1v) is 10.5. The summed E-state index contributed by atoms with van der Waals surface area (Å²) in [7, 11) is 0. The van der Waals surface area contributed by atoms with Crippen molar-refractivity contribution in [3.63, 3.8) is 0 Å². The lowest BCUT2D eigenvalue weighted by atomic mass is 9.92. The summed E-state index contributed by atoms with van der Waals surface area (Å²) >= 11 is 0. The van der Waals surface area contributed by atoms with Crippen molar-refractivity contribution < 1.29 is 14.7 Å². The van der Waals surface area contributed by atoms with E-state index in [1.807, 2.05) is 0 Å². The Kier molecular flexibility index (Phi) is 7.25. The molecule has 3 N–H and O–H groups in total. The molecule has 1 saturated heterocycles. The topological polar surface area (TPSA) is 94.6 Å². The second kappa shape index (κ2) is 9.87. The summed E-state index contributed by atoms with van der Waals surface area (Å²) in [4.78, 5) is 30.1. The predicted octanol–water partition coefficient (Wildman–Crippen LogP) is 2.06. The molecule has 2 aliphatic heterocycles. The van der Waals surface area contributed by atoms with E-state index >= 15 is 0 Å². The Morgan fingerprint density at radius 3 is 3.04 bits per heavy atom. The number of aliphatic carboxylic acids is 1. The Labute approximate surface area is 166 Å². The Bertz CT molecular complexity index is 694. The molecule has 154 valence electrons. The summed E-state index contributed by atoms with van der Waals surface area (Å²) < 4.78 is 0. The first-order chi connectivity index (χ1) is 13.5. The zero-order valence-corrected chi connectivity index (χ0v) is 16.7. The third-order valence-electron chi connectivity index (χ3n) is 5.85. The third kappa shape index (κ3) is 5.67. The number of carboxylic acid groups (broad SMARTS) is 1. The van der Waals surface area contributed by atoms with Crippen LogP contribution in [0.5, 0.6) is 0 Å². The highest BCUT2D eigenvalue weighted by atomic mass is 16.4. The number of piperidine rings is 1. The van der Waals surface area contributed by atoms with Crippen molar-refractivity contribution in [2.75, 3.05) is 31.5 Å². The SMILES string of the molecule is CC1CC[C@H](C(=O)NCCC(=O)O)CN1CCCc1ccc2c(n1)NCCC2. The van der Waals surface area contributed by atoms with Gasteiger partial charge in [0.1, 0.15) is 5.82 Å². The number of carbonyl (C=O) groups is 2. The Morgan fingerprint density at radius 2 is 2.21 bits per heavy atom. The maximum absolute atomic E-state index is 12.3. The summed E-state index contributed by atoms with van der Waals surface area (Å²) in [6.07, 6.45) is 6.08. The monoisotopic (exact) mass is 388 g/mol. The van der Waals surface area contributed by atoms with Crippen LogP contribution in [0.1, 0.15) is 50.3 Å². The molecule has 0 aliphatic carbocycles. The fourth-order valence-corrected chi connectivity index (χ4v) is 4.11. The molecule has 1 unspecified atom stereocenters. The van der Waals surface area contributed by atoms with Crippen LogP contribution >= 0.6 is 0 Å². The molecule has 1 fully saturated rings.